The maximum Gasteiger partial charge on any atom is 0.244 e. The van der Waals surface area contributed by atoms with E-state index in [0.29, 0.717) is 5.75 Å². The van der Waals surface area contributed by atoms with Crippen molar-refractivity contribution in [3.05, 3.63) is 42.2 Å². The molecular weight excluding hydrogens is 272 g/mol. The molecule has 0 saturated carbocycles. The first-order valence-corrected chi connectivity index (χ1v) is 7.25. The number of thioether (sulfide) groups is 1. The molecule has 1 N–H and O–H groups in total. The maximum absolute atomic E-state index is 11.7. The van der Waals surface area contributed by atoms with Gasteiger partial charge in [-0.2, -0.15) is 0 Å². The van der Waals surface area contributed by atoms with Gasteiger partial charge in [-0.1, -0.05) is 30.0 Å². The van der Waals surface area contributed by atoms with E-state index < -0.39 is 0 Å². The van der Waals surface area contributed by atoms with Gasteiger partial charge in [-0.15, -0.1) is 0 Å². The molecule has 0 aliphatic carbocycles. The molecule has 0 atom stereocenters. The van der Waals surface area contributed by atoms with Gasteiger partial charge in [0, 0.05) is 26.5 Å². The molecule has 2 aromatic rings. The number of carbonyl (C=O) groups excluding carboxylic acids is 1. The van der Waals surface area contributed by atoms with Gasteiger partial charge in [0.05, 0.1) is 11.4 Å². The van der Waals surface area contributed by atoms with Crippen molar-refractivity contribution < 1.29 is 4.79 Å². The van der Waals surface area contributed by atoms with Crippen LogP contribution in [0.3, 0.4) is 0 Å². The summed E-state index contributed by atoms with van der Waals surface area (Å²) < 4.78 is 2.00. The molecule has 1 aromatic carbocycles. The van der Waals surface area contributed by atoms with E-state index in [-0.39, 0.29) is 5.91 Å². The van der Waals surface area contributed by atoms with Gasteiger partial charge in [-0.25, -0.2) is 9.99 Å². The number of nitrogens with one attached hydrogen (secondary N) is 1. The first-order chi connectivity index (χ1) is 9.58. The maximum atomic E-state index is 11.7. The van der Waals surface area contributed by atoms with Gasteiger partial charge >= 0.3 is 0 Å². The van der Waals surface area contributed by atoms with E-state index in [4.69, 9.17) is 0 Å². The number of benzene rings is 1. The monoisotopic (exact) mass is 290 g/mol. The summed E-state index contributed by atoms with van der Waals surface area (Å²) in [5.74, 6) is 0.292. The van der Waals surface area contributed by atoms with Crippen molar-refractivity contribution in [3.8, 4) is 5.69 Å². The Kier molecular flexibility index (Phi) is 4.81. The number of nitrogens with zero attached hydrogens (tertiary/aromatic N) is 3. The largest absolute Gasteiger partial charge is 0.295 e. The molecule has 0 radical (unpaired) electrons. The number of para-hydroxylation sites is 1. The summed E-state index contributed by atoms with van der Waals surface area (Å²) in [7, 11) is 3.58. The Balaban J connectivity index is 2.10. The Morgan fingerprint density at radius 2 is 2.15 bits per heavy atom. The van der Waals surface area contributed by atoms with Crippen LogP contribution in [0.15, 0.2) is 41.8 Å². The van der Waals surface area contributed by atoms with E-state index in [9.17, 15) is 4.79 Å². The van der Waals surface area contributed by atoms with Crippen molar-refractivity contribution >= 4 is 17.7 Å². The number of aromatic nitrogens is 2. The Morgan fingerprint density at radius 1 is 1.40 bits per heavy atom. The molecule has 0 aliphatic heterocycles. The first-order valence-electron chi connectivity index (χ1n) is 6.27. The normalized spacial score (nSPS) is 10.8. The Labute approximate surface area is 123 Å². The quantitative estimate of drug-likeness (QED) is 0.674. The zero-order valence-corrected chi connectivity index (χ0v) is 12.6. The second-order valence-corrected chi connectivity index (χ2v) is 5.53. The molecule has 1 heterocycles. The smallest absolute Gasteiger partial charge is 0.244 e. The van der Waals surface area contributed by atoms with Gasteiger partial charge in [-0.3, -0.25) is 14.8 Å². The molecule has 6 heteroatoms. The number of amides is 1. The highest BCUT2D eigenvalue weighted by Gasteiger charge is 2.10. The molecular formula is C14H18N4OS. The van der Waals surface area contributed by atoms with E-state index in [1.165, 1.54) is 17.3 Å². The van der Waals surface area contributed by atoms with Crippen LogP contribution in [0.1, 0.15) is 5.56 Å². The number of rotatable bonds is 5. The van der Waals surface area contributed by atoms with Crippen molar-refractivity contribution in [1.29, 1.82) is 0 Å². The SMILES string of the molecule is Cc1ccccc1-n1ccnc1SCC(=O)NN(C)C. The van der Waals surface area contributed by atoms with Gasteiger partial charge < -0.3 is 0 Å². The minimum absolute atomic E-state index is 0.0423. The number of imidazole rings is 1. The van der Waals surface area contributed by atoms with E-state index in [1.54, 1.807) is 25.3 Å². The minimum atomic E-state index is -0.0423. The third-order valence-corrected chi connectivity index (χ3v) is 3.63. The predicted molar refractivity (Wildman–Crippen MR) is 80.9 cm³/mol. The van der Waals surface area contributed by atoms with Crippen LogP contribution in [0, 0.1) is 6.92 Å². The summed E-state index contributed by atoms with van der Waals surface area (Å²) in [5.41, 5.74) is 4.97. The fourth-order valence-corrected chi connectivity index (χ4v) is 2.58. The van der Waals surface area contributed by atoms with Crippen LogP contribution in [0.2, 0.25) is 0 Å². The summed E-state index contributed by atoms with van der Waals surface area (Å²) in [6.07, 6.45) is 3.66. The van der Waals surface area contributed by atoms with Crippen molar-refractivity contribution in [2.24, 2.45) is 0 Å². The molecule has 1 aromatic heterocycles. The Morgan fingerprint density at radius 3 is 2.85 bits per heavy atom. The van der Waals surface area contributed by atoms with Crippen LogP contribution in [0.5, 0.6) is 0 Å². The highest BCUT2D eigenvalue weighted by atomic mass is 32.2. The van der Waals surface area contributed by atoms with Crippen LogP contribution < -0.4 is 5.43 Å². The first kappa shape index (κ1) is 14.6. The van der Waals surface area contributed by atoms with Crippen molar-refractivity contribution in [2.45, 2.75) is 12.1 Å². The number of hydrogen-bond acceptors (Lipinski definition) is 4. The van der Waals surface area contributed by atoms with Gasteiger partial charge in [0.1, 0.15) is 0 Å². The fourth-order valence-electron chi connectivity index (χ4n) is 1.83. The lowest BCUT2D eigenvalue weighted by Gasteiger charge is -2.12. The van der Waals surface area contributed by atoms with Crippen LogP contribution in [-0.4, -0.2) is 40.3 Å². The van der Waals surface area contributed by atoms with E-state index in [0.717, 1.165) is 10.8 Å². The van der Waals surface area contributed by atoms with Crippen LogP contribution in [0.25, 0.3) is 5.69 Å². The second kappa shape index (κ2) is 6.58. The zero-order valence-electron chi connectivity index (χ0n) is 11.8. The lowest BCUT2D eigenvalue weighted by Crippen LogP contribution is -2.37. The molecule has 1 amide bonds. The number of hydrazine groups is 1. The summed E-state index contributed by atoms with van der Waals surface area (Å²) in [4.78, 5) is 16.0. The van der Waals surface area contributed by atoms with Gasteiger partial charge in [0.25, 0.3) is 0 Å². The summed E-state index contributed by atoms with van der Waals surface area (Å²) in [5, 5.41) is 2.45. The van der Waals surface area contributed by atoms with Gasteiger partial charge in [-0.05, 0) is 18.6 Å². The molecule has 2 rings (SSSR count). The molecule has 0 unspecified atom stereocenters. The average Bonchev–Trinajstić information content (AvgIpc) is 2.84. The highest BCUT2D eigenvalue weighted by Crippen LogP contribution is 2.22. The standard InChI is InChI=1S/C14H18N4OS/c1-11-6-4-5-7-12(11)18-9-8-15-14(18)20-10-13(19)16-17(2)3/h4-9H,10H2,1-3H3,(H,16,19). The van der Waals surface area contributed by atoms with Crippen molar-refractivity contribution in [3.63, 3.8) is 0 Å². The van der Waals surface area contributed by atoms with Crippen LogP contribution in [-0.2, 0) is 4.79 Å². The second-order valence-electron chi connectivity index (χ2n) is 4.58. The molecule has 20 heavy (non-hydrogen) atoms. The third kappa shape index (κ3) is 3.61. The average molecular weight is 290 g/mol. The van der Waals surface area contributed by atoms with E-state index >= 15 is 0 Å². The van der Waals surface area contributed by atoms with Gasteiger partial charge in [0.15, 0.2) is 5.16 Å². The molecule has 0 aliphatic rings. The molecule has 0 fully saturated rings. The summed E-state index contributed by atoms with van der Waals surface area (Å²) >= 11 is 1.42. The minimum Gasteiger partial charge on any atom is -0.295 e. The topological polar surface area (TPSA) is 50.2 Å². The van der Waals surface area contributed by atoms with E-state index in [2.05, 4.69) is 23.4 Å². The lowest BCUT2D eigenvalue weighted by atomic mass is 10.2. The van der Waals surface area contributed by atoms with E-state index in [1.807, 2.05) is 29.0 Å². The number of carbonyl (C=O) groups is 1. The van der Waals surface area contributed by atoms with Crippen molar-refractivity contribution in [1.82, 2.24) is 20.0 Å². The zero-order chi connectivity index (χ0) is 14.5. The Hall–Kier alpha value is -1.79. The number of aryl methyl sites for hydroxylation is 1. The molecule has 5 nitrogen and oxygen atoms in total. The van der Waals surface area contributed by atoms with Crippen LogP contribution >= 0.6 is 11.8 Å². The molecule has 106 valence electrons. The Bertz CT molecular complexity index is 594. The molecule has 0 bridgehead atoms. The molecule has 0 saturated heterocycles. The lowest BCUT2D eigenvalue weighted by molar-refractivity contribution is -0.122. The highest BCUT2D eigenvalue weighted by molar-refractivity contribution is 7.99. The number of hydrogen-bond donors (Lipinski definition) is 1. The van der Waals surface area contributed by atoms with Crippen molar-refractivity contribution in [2.75, 3.05) is 19.8 Å². The van der Waals surface area contributed by atoms with Gasteiger partial charge in [0.2, 0.25) is 5.91 Å². The fraction of sp³-hybridized carbons (Fsp3) is 0.286. The summed E-state index contributed by atoms with van der Waals surface area (Å²) in [6.45, 7) is 2.06. The van der Waals surface area contributed by atoms with Crippen LogP contribution in [0.4, 0.5) is 0 Å². The predicted octanol–water partition coefficient (Wildman–Crippen LogP) is 1.87. The molecule has 0 spiro atoms. The summed E-state index contributed by atoms with van der Waals surface area (Å²) in [6, 6.07) is 8.10. The third-order valence-electron chi connectivity index (χ3n) is 2.66.